The second-order valence-corrected chi connectivity index (χ2v) is 8.99. The number of anilines is 1. The minimum atomic E-state index is -0.149. The van der Waals surface area contributed by atoms with E-state index < -0.39 is 0 Å². The molecule has 1 N–H and O–H groups in total. The molecule has 0 bridgehead atoms. The lowest BCUT2D eigenvalue weighted by Gasteiger charge is -2.33. The van der Waals surface area contributed by atoms with Crippen molar-refractivity contribution in [1.29, 1.82) is 0 Å². The number of rotatable bonds is 2. The first-order chi connectivity index (χ1) is 12.0. The summed E-state index contributed by atoms with van der Waals surface area (Å²) in [5.41, 5.74) is 4.22. The van der Waals surface area contributed by atoms with Crippen molar-refractivity contribution in [2.75, 3.05) is 12.4 Å². The molecule has 25 heavy (non-hydrogen) atoms. The maximum Gasteiger partial charge on any atom is 0.135 e. The third-order valence-electron chi connectivity index (χ3n) is 4.21. The molecule has 0 radical (unpaired) electrons. The number of nitrogens with zero attached hydrogens (tertiary/aromatic N) is 1. The van der Waals surface area contributed by atoms with Crippen molar-refractivity contribution in [3.63, 3.8) is 0 Å². The summed E-state index contributed by atoms with van der Waals surface area (Å²) >= 11 is 5.98. The molecule has 1 aromatic heterocycles. The van der Waals surface area contributed by atoms with Crippen LogP contribution >= 0.6 is 32.3 Å². The largest absolute Gasteiger partial charge is 0.497 e. The van der Waals surface area contributed by atoms with Crippen LogP contribution in [0.4, 0.5) is 11.4 Å². The van der Waals surface area contributed by atoms with Gasteiger partial charge in [0, 0.05) is 27.9 Å². The van der Waals surface area contributed by atoms with Crippen LogP contribution in [0.2, 0.25) is 5.02 Å². The van der Waals surface area contributed by atoms with Crippen molar-refractivity contribution < 1.29 is 4.74 Å². The van der Waals surface area contributed by atoms with E-state index in [1.165, 1.54) is 16.0 Å². The van der Waals surface area contributed by atoms with Gasteiger partial charge >= 0.3 is 0 Å². The topological polar surface area (TPSA) is 33.6 Å². The Balaban J connectivity index is 1.94. The highest BCUT2D eigenvalue weighted by molar-refractivity contribution is 7.68. The SMILES string of the molecule is COc1ccc2c(c1)NC(C)(C)c1ssc(=Nc3ccc(Cl)cc3)c1-2. The first kappa shape index (κ1) is 16.6. The zero-order chi connectivity index (χ0) is 17.6. The van der Waals surface area contributed by atoms with Gasteiger partial charge in [-0.2, -0.15) is 0 Å². The van der Waals surface area contributed by atoms with Crippen molar-refractivity contribution >= 4 is 43.7 Å². The quantitative estimate of drug-likeness (QED) is 0.543. The summed E-state index contributed by atoms with van der Waals surface area (Å²) in [6.45, 7) is 4.40. The van der Waals surface area contributed by atoms with E-state index in [0.29, 0.717) is 0 Å². The second kappa shape index (κ2) is 6.16. The average molecular weight is 389 g/mol. The summed E-state index contributed by atoms with van der Waals surface area (Å²) < 4.78 is 6.42. The van der Waals surface area contributed by atoms with Gasteiger partial charge in [0.25, 0.3) is 0 Å². The number of benzene rings is 2. The van der Waals surface area contributed by atoms with Crippen LogP contribution in [0.25, 0.3) is 11.1 Å². The molecular weight excluding hydrogens is 372 g/mol. The fraction of sp³-hybridized carbons (Fsp3) is 0.211. The van der Waals surface area contributed by atoms with E-state index in [-0.39, 0.29) is 5.54 Å². The van der Waals surface area contributed by atoms with Crippen LogP contribution in [0.1, 0.15) is 18.7 Å². The summed E-state index contributed by atoms with van der Waals surface area (Å²) in [6, 6.07) is 13.8. The van der Waals surface area contributed by atoms with E-state index in [0.717, 1.165) is 26.8 Å². The van der Waals surface area contributed by atoms with E-state index in [4.69, 9.17) is 21.3 Å². The van der Waals surface area contributed by atoms with Crippen LogP contribution in [-0.2, 0) is 5.54 Å². The first-order valence-electron chi connectivity index (χ1n) is 7.88. The summed E-state index contributed by atoms with van der Waals surface area (Å²) in [4.78, 5) is 6.18. The highest BCUT2D eigenvalue weighted by Gasteiger charge is 2.33. The van der Waals surface area contributed by atoms with Crippen LogP contribution in [0.15, 0.2) is 47.5 Å². The molecule has 6 heteroatoms. The monoisotopic (exact) mass is 388 g/mol. The number of ether oxygens (including phenoxy) is 1. The molecule has 0 spiro atoms. The van der Waals surface area contributed by atoms with Gasteiger partial charge in [0.1, 0.15) is 10.4 Å². The maximum atomic E-state index is 5.98. The molecule has 0 amide bonds. The van der Waals surface area contributed by atoms with Gasteiger partial charge in [-0.05, 0) is 50.2 Å². The van der Waals surface area contributed by atoms with Crippen LogP contribution in [0.3, 0.4) is 0 Å². The smallest absolute Gasteiger partial charge is 0.135 e. The molecule has 0 saturated carbocycles. The third-order valence-corrected chi connectivity index (χ3v) is 7.11. The number of hydrogen-bond donors (Lipinski definition) is 1. The number of methoxy groups -OCH3 is 1. The number of hydrogen-bond acceptors (Lipinski definition) is 5. The molecule has 0 aliphatic carbocycles. The van der Waals surface area contributed by atoms with Gasteiger partial charge in [-0.1, -0.05) is 32.3 Å². The minimum absolute atomic E-state index is 0.149. The molecule has 3 aromatic rings. The molecule has 2 heterocycles. The van der Waals surface area contributed by atoms with Gasteiger partial charge in [-0.15, -0.1) is 0 Å². The summed E-state index contributed by atoms with van der Waals surface area (Å²) in [5.74, 6) is 0.848. The lowest BCUT2D eigenvalue weighted by Crippen LogP contribution is -2.31. The predicted octanol–water partition coefficient (Wildman–Crippen LogP) is 6.03. The lowest BCUT2D eigenvalue weighted by atomic mass is 9.90. The van der Waals surface area contributed by atoms with Crippen molar-refractivity contribution in [2.24, 2.45) is 4.99 Å². The highest BCUT2D eigenvalue weighted by Crippen LogP contribution is 2.46. The molecule has 0 atom stereocenters. The Morgan fingerprint density at radius 1 is 1.08 bits per heavy atom. The highest BCUT2D eigenvalue weighted by atomic mass is 35.5. The number of halogens is 1. The molecule has 0 unspecified atom stereocenters. The van der Waals surface area contributed by atoms with Gasteiger partial charge in [0.2, 0.25) is 0 Å². The van der Waals surface area contributed by atoms with Gasteiger partial charge < -0.3 is 10.1 Å². The van der Waals surface area contributed by atoms with Crippen LogP contribution in [-0.4, -0.2) is 7.11 Å². The summed E-state index contributed by atoms with van der Waals surface area (Å²) in [6.07, 6.45) is 0. The molecule has 128 valence electrons. The number of fused-ring (bicyclic) bond motifs is 3. The van der Waals surface area contributed by atoms with E-state index in [1.54, 1.807) is 27.8 Å². The molecule has 0 saturated heterocycles. The molecule has 0 fully saturated rings. The molecule has 1 aliphatic heterocycles. The molecule has 2 aromatic carbocycles. The Labute approximate surface area is 159 Å². The Kier molecular flexibility index (Phi) is 4.10. The third kappa shape index (κ3) is 2.97. The zero-order valence-electron chi connectivity index (χ0n) is 14.1. The van der Waals surface area contributed by atoms with Gasteiger partial charge in [0.15, 0.2) is 0 Å². The Hall–Kier alpha value is -1.82. The van der Waals surface area contributed by atoms with E-state index in [9.17, 15) is 0 Å². The minimum Gasteiger partial charge on any atom is -0.497 e. The van der Waals surface area contributed by atoms with Gasteiger partial charge in [0.05, 0.1) is 23.2 Å². The van der Waals surface area contributed by atoms with Crippen LogP contribution in [0, 0.1) is 0 Å². The fourth-order valence-electron chi connectivity index (χ4n) is 2.99. The standard InChI is InChI=1S/C19H17ClN2OS2/c1-19(2)17-16(14-9-8-13(23-3)10-15(14)22-19)18(25-24-17)21-12-6-4-11(20)5-7-12/h4-10,22H,1-3H3. The van der Waals surface area contributed by atoms with Crippen molar-refractivity contribution in [1.82, 2.24) is 0 Å². The van der Waals surface area contributed by atoms with Gasteiger partial charge in [-0.3, -0.25) is 0 Å². The maximum absolute atomic E-state index is 5.98. The summed E-state index contributed by atoms with van der Waals surface area (Å²) in [5, 5.41) is 4.35. The van der Waals surface area contributed by atoms with E-state index in [1.807, 2.05) is 30.3 Å². The van der Waals surface area contributed by atoms with Gasteiger partial charge in [-0.25, -0.2) is 4.99 Å². The second-order valence-electron chi connectivity index (χ2n) is 6.43. The average Bonchev–Trinajstić information content (AvgIpc) is 3.01. The van der Waals surface area contributed by atoms with E-state index in [2.05, 4.69) is 31.3 Å². The number of nitrogens with one attached hydrogen (secondary N) is 1. The Morgan fingerprint density at radius 2 is 1.84 bits per heavy atom. The molecule has 3 nitrogen and oxygen atoms in total. The van der Waals surface area contributed by atoms with E-state index >= 15 is 0 Å². The Bertz CT molecular complexity index is 1000. The zero-order valence-corrected chi connectivity index (χ0v) is 16.5. The first-order valence-corrected chi connectivity index (χ1v) is 10.4. The summed E-state index contributed by atoms with van der Waals surface area (Å²) in [7, 11) is 5.18. The fourth-order valence-corrected chi connectivity index (χ4v) is 6.05. The van der Waals surface area contributed by atoms with Crippen molar-refractivity contribution in [3.05, 3.63) is 57.0 Å². The van der Waals surface area contributed by atoms with Crippen molar-refractivity contribution in [3.8, 4) is 16.9 Å². The normalized spacial score (nSPS) is 15.3. The molecule has 4 rings (SSSR count). The molecular formula is C19H17ClN2OS2. The van der Waals surface area contributed by atoms with Crippen LogP contribution in [0.5, 0.6) is 5.75 Å². The van der Waals surface area contributed by atoms with Crippen molar-refractivity contribution in [2.45, 2.75) is 19.4 Å². The Morgan fingerprint density at radius 3 is 2.56 bits per heavy atom. The van der Waals surface area contributed by atoms with Crippen LogP contribution < -0.4 is 14.7 Å². The lowest BCUT2D eigenvalue weighted by molar-refractivity contribution is 0.415. The predicted molar refractivity (Wildman–Crippen MR) is 108 cm³/mol. The molecule has 1 aliphatic rings.